The predicted molar refractivity (Wildman–Crippen MR) is 61.0 cm³/mol. The highest BCUT2D eigenvalue weighted by molar-refractivity contribution is 5.93. The molecule has 0 aliphatic rings. The van der Waals surface area contributed by atoms with Gasteiger partial charge < -0.3 is 14.9 Å². The molecule has 0 spiro atoms. The molecular formula is C11H10N2O4. The summed E-state index contributed by atoms with van der Waals surface area (Å²) in [4.78, 5) is 22.0. The molecule has 0 unspecified atom stereocenters. The van der Waals surface area contributed by atoms with Gasteiger partial charge >= 0.3 is 11.9 Å². The fourth-order valence-corrected chi connectivity index (χ4v) is 1.65. The molecule has 0 bridgehead atoms. The zero-order chi connectivity index (χ0) is 12.4. The first-order chi connectivity index (χ1) is 8.15. The van der Waals surface area contributed by atoms with Crippen molar-refractivity contribution in [3.63, 3.8) is 0 Å². The molecule has 17 heavy (non-hydrogen) atoms. The van der Waals surface area contributed by atoms with Gasteiger partial charge in [0.25, 0.3) is 0 Å². The zero-order valence-corrected chi connectivity index (χ0v) is 9.12. The maximum Gasteiger partial charge on any atom is 0.512 e. The lowest BCUT2D eigenvalue weighted by atomic mass is 10.2. The van der Waals surface area contributed by atoms with Crippen molar-refractivity contribution in [2.24, 2.45) is 0 Å². The summed E-state index contributed by atoms with van der Waals surface area (Å²) in [7, 11) is 0. The van der Waals surface area contributed by atoms with Crippen molar-refractivity contribution in [2.75, 3.05) is 6.61 Å². The van der Waals surface area contributed by atoms with Crippen LogP contribution in [0, 0.1) is 10.1 Å². The van der Waals surface area contributed by atoms with Crippen LogP contribution in [-0.2, 0) is 4.74 Å². The molecule has 1 heterocycles. The third kappa shape index (κ3) is 1.84. The largest absolute Gasteiger partial charge is 0.512 e. The second-order valence-corrected chi connectivity index (χ2v) is 3.35. The Balaban J connectivity index is 2.68. The predicted octanol–water partition coefficient (Wildman–Crippen LogP) is 2.55. The third-order valence-electron chi connectivity index (χ3n) is 2.33. The normalized spacial score (nSPS) is 10.4. The highest BCUT2D eigenvalue weighted by Gasteiger charge is 2.25. The Morgan fingerprint density at radius 3 is 2.82 bits per heavy atom. The standard InChI is InChI=1S/C11H10N2O4/c1-2-17-11(14)12-9-6-4-3-5-8(9)7-10(12)13(15)16/h3-7H,2H2,1H3. The summed E-state index contributed by atoms with van der Waals surface area (Å²) in [6, 6.07) is 8.16. The van der Waals surface area contributed by atoms with Gasteiger partial charge in [0.05, 0.1) is 6.61 Å². The molecule has 2 aromatic rings. The number of nitro groups is 1. The minimum atomic E-state index is -0.736. The molecule has 1 aromatic carbocycles. The van der Waals surface area contributed by atoms with Crippen LogP contribution in [0.25, 0.3) is 10.9 Å². The van der Waals surface area contributed by atoms with Crippen molar-refractivity contribution in [1.29, 1.82) is 0 Å². The van der Waals surface area contributed by atoms with Crippen LogP contribution in [0.1, 0.15) is 6.92 Å². The Morgan fingerprint density at radius 1 is 1.47 bits per heavy atom. The SMILES string of the molecule is CCOC(=O)n1c([N+](=O)[O-])cc2ccccc21. The molecule has 0 aliphatic heterocycles. The highest BCUT2D eigenvalue weighted by atomic mass is 16.6. The average Bonchev–Trinajstić information content (AvgIpc) is 2.68. The molecule has 0 atom stereocenters. The summed E-state index contributed by atoms with van der Waals surface area (Å²) < 4.78 is 5.78. The number of benzene rings is 1. The number of fused-ring (bicyclic) bond motifs is 1. The number of hydrogen-bond donors (Lipinski definition) is 0. The average molecular weight is 234 g/mol. The van der Waals surface area contributed by atoms with Crippen LogP contribution in [0.3, 0.4) is 0 Å². The summed E-state index contributed by atoms with van der Waals surface area (Å²) in [6.07, 6.45) is -0.736. The van der Waals surface area contributed by atoms with Crippen molar-refractivity contribution in [3.05, 3.63) is 40.4 Å². The van der Waals surface area contributed by atoms with E-state index in [2.05, 4.69) is 0 Å². The molecule has 0 N–H and O–H groups in total. The van der Waals surface area contributed by atoms with Crippen LogP contribution in [0.2, 0.25) is 0 Å². The number of nitrogens with zero attached hydrogens (tertiary/aromatic N) is 2. The first kappa shape index (κ1) is 11.1. The van der Waals surface area contributed by atoms with Gasteiger partial charge in [-0.15, -0.1) is 4.57 Å². The molecule has 6 nitrogen and oxygen atoms in total. The van der Waals surface area contributed by atoms with Crippen molar-refractivity contribution >= 4 is 22.8 Å². The molecule has 0 fully saturated rings. The maximum atomic E-state index is 11.7. The van der Waals surface area contributed by atoms with Crippen LogP contribution in [-0.4, -0.2) is 22.2 Å². The van der Waals surface area contributed by atoms with Crippen LogP contribution >= 0.6 is 0 Å². The number of ether oxygens (including phenoxy) is 1. The number of carbonyl (C=O) groups excluding carboxylic acids is 1. The van der Waals surface area contributed by atoms with E-state index in [1.165, 1.54) is 6.07 Å². The summed E-state index contributed by atoms with van der Waals surface area (Å²) in [5, 5.41) is 11.5. The van der Waals surface area contributed by atoms with E-state index in [0.29, 0.717) is 10.9 Å². The van der Waals surface area contributed by atoms with Crippen LogP contribution < -0.4 is 0 Å². The van der Waals surface area contributed by atoms with Gasteiger partial charge in [-0.3, -0.25) is 0 Å². The zero-order valence-electron chi connectivity index (χ0n) is 9.12. The minimum absolute atomic E-state index is 0.169. The van der Waals surface area contributed by atoms with E-state index in [4.69, 9.17) is 4.74 Å². The van der Waals surface area contributed by atoms with Gasteiger partial charge in [-0.05, 0) is 17.9 Å². The molecular weight excluding hydrogens is 224 g/mol. The van der Waals surface area contributed by atoms with E-state index < -0.39 is 11.0 Å². The quantitative estimate of drug-likeness (QED) is 0.591. The van der Waals surface area contributed by atoms with Gasteiger partial charge in [0.15, 0.2) is 0 Å². The first-order valence-corrected chi connectivity index (χ1v) is 5.07. The third-order valence-corrected chi connectivity index (χ3v) is 2.33. The van der Waals surface area contributed by atoms with Crippen molar-refractivity contribution in [2.45, 2.75) is 6.92 Å². The van der Waals surface area contributed by atoms with E-state index in [9.17, 15) is 14.9 Å². The Morgan fingerprint density at radius 2 is 2.18 bits per heavy atom. The molecule has 0 amide bonds. The fraction of sp³-hybridized carbons (Fsp3) is 0.182. The number of para-hydroxylation sites is 1. The molecule has 6 heteroatoms. The summed E-state index contributed by atoms with van der Waals surface area (Å²) >= 11 is 0. The van der Waals surface area contributed by atoms with Gasteiger partial charge in [0.2, 0.25) is 0 Å². The molecule has 0 radical (unpaired) electrons. The first-order valence-electron chi connectivity index (χ1n) is 5.07. The van der Waals surface area contributed by atoms with E-state index >= 15 is 0 Å². The Labute approximate surface area is 96.6 Å². The lowest BCUT2D eigenvalue weighted by Gasteiger charge is -2.00. The Bertz CT molecular complexity index is 588. The maximum absolute atomic E-state index is 11.7. The lowest BCUT2D eigenvalue weighted by Crippen LogP contribution is -2.15. The molecule has 0 aliphatic carbocycles. The van der Waals surface area contributed by atoms with Gasteiger partial charge in [-0.25, -0.2) is 0 Å². The van der Waals surface area contributed by atoms with Crippen molar-refractivity contribution in [3.8, 4) is 0 Å². The van der Waals surface area contributed by atoms with Gasteiger partial charge in [-0.2, -0.15) is 4.79 Å². The van der Waals surface area contributed by atoms with E-state index in [1.807, 2.05) is 0 Å². The molecule has 0 saturated heterocycles. The number of carbonyl (C=O) groups is 1. The van der Waals surface area contributed by atoms with Crippen LogP contribution in [0.4, 0.5) is 10.6 Å². The van der Waals surface area contributed by atoms with Crippen LogP contribution in [0.15, 0.2) is 30.3 Å². The minimum Gasteiger partial charge on any atom is -0.431 e. The van der Waals surface area contributed by atoms with Crippen molar-refractivity contribution in [1.82, 2.24) is 4.57 Å². The topological polar surface area (TPSA) is 74.4 Å². The highest BCUT2D eigenvalue weighted by Crippen LogP contribution is 2.25. The van der Waals surface area contributed by atoms with Crippen molar-refractivity contribution < 1.29 is 14.5 Å². The summed E-state index contributed by atoms with van der Waals surface area (Å²) in [6.45, 7) is 1.82. The van der Waals surface area contributed by atoms with E-state index in [0.717, 1.165) is 4.57 Å². The number of rotatable bonds is 2. The van der Waals surface area contributed by atoms with E-state index in [-0.39, 0.29) is 12.4 Å². The smallest absolute Gasteiger partial charge is 0.431 e. The van der Waals surface area contributed by atoms with E-state index in [1.54, 1.807) is 31.2 Å². The molecule has 88 valence electrons. The van der Waals surface area contributed by atoms with Gasteiger partial charge in [-0.1, -0.05) is 18.2 Å². The number of hydrogen-bond acceptors (Lipinski definition) is 4. The monoisotopic (exact) mass is 234 g/mol. The molecule has 1 aromatic heterocycles. The Hall–Kier alpha value is -2.37. The van der Waals surface area contributed by atoms with Gasteiger partial charge in [0.1, 0.15) is 5.52 Å². The Kier molecular flexibility index (Phi) is 2.78. The summed E-state index contributed by atoms with van der Waals surface area (Å²) in [5.74, 6) is -0.287. The van der Waals surface area contributed by atoms with Crippen LogP contribution in [0.5, 0.6) is 0 Å². The summed E-state index contributed by atoms with van der Waals surface area (Å²) in [5.41, 5.74) is 0.470. The van der Waals surface area contributed by atoms with Gasteiger partial charge in [0, 0.05) is 11.5 Å². The lowest BCUT2D eigenvalue weighted by molar-refractivity contribution is -0.390. The fourth-order valence-electron chi connectivity index (χ4n) is 1.65. The second kappa shape index (κ2) is 4.25. The molecule has 2 rings (SSSR count). The second-order valence-electron chi connectivity index (χ2n) is 3.35. The molecule has 0 saturated carbocycles. The number of aromatic nitrogens is 1.